The van der Waals surface area contributed by atoms with Crippen LogP contribution in [0.15, 0.2) is 43.6 Å². The zero-order chi connectivity index (χ0) is 28.0. The van der Waals surface area contributed by atoms with E-state index < -0.39 is 45.2 Å². The number of ether oxygens (including phenoxy) is 3. The zero-order valence-corrected chi connectivity index (χ0v) is 21.8. The SMILES string of the molecule is C=CCCC(=O)Nc1ncnc2c1ncn2[C@@H]1O[C@H](CO)C(OCP(=O)(O)OCc2cc(OC)ccn2)C1F. The number of hydrogen-bond acceptors (Lipinski definition) is 11. The van der Waals surface area contributed by atoms with Crippen LogP contribution in [0.5, 0.6) is 5.75 Å². The Morgan fingerprint density at radius 1 is 1.36 bits per heavy atom. The molecule has 14 nitrogen and oxygen atoms in total. The van der Waals surface area contributed by atoms with Crippen molar-refractivity contribution in [1.82, 2.24) is 24.5 Å². The number of methoxy groups -OCH3 is 1. The monoisotopic (exact) mass is 566 g/mol. The highest BCUT2D eigenvalue weighted by molar-refractivity contribution is 7.52. The third kappa shape index (κ3) is 6.82. The van der Waals surface area contributed by atoms with Crippen LogP contribution in [0, 0.1) is 0 Å². The molecule has 3 aromatic heterocycles. The Balaban J connectivity index is 1.43. The summed E-state index contributed by atoms with van der Waals surface area (Å²) in [6.07, 6.45) is -0.484. The van der Waals surface area contributed by atoms with Crippen molar-refractivity contribution >= 4 is 30.5 Å². The lowest BCUT2D eigenvalue weighted by Crippen LogP contribution is -2.34. The Morgan fingerprint density at radius 3 is 2.92 bits per heavy atom. The van der Waals surface area contributed by atoms with Gasteiger partial charge in [-0.25, -0.2) is 19.3 Å². The second kappa shape index (κ2) is 12.7. The minimum atomic E-state index is -4.34. The normalized spacial score (nSPS) is 22.5. The molecule has 3 unspecified atom stereocenters. The van der Waals surface area contributed by atoms with E-state index in [9.17, 15) is 19.4 Å². The predicted molar refractivity (Wildman–Crippen MR) is 134 cm³/mol. The van der Waals surface area contributed by atoms with Gasteiger partial charge < -0.3 is 34.1 Å². The molecule has 1 amide bonds. The number of aromatic nitrogens is 5. The minimum Gasteiger partial charge on any atom is -0.497 e. The van der Waals surface area contributed by atoms with Gasteiger partial charge in [-0.3, -0.25) is 18.9 Å². The van der Waals surface area contributed by atoms with E-state index >= 15 is 4.39 Å². The number of nitrogens with one attached hydrogen (secondary N) is 1. The molecular formula is C23H28FN6O8P. The molecule has 0 aliphatic carbocycles. The Labute approximate surface area is 222 Å². The fourth-order valence-electron chi connectivity index (χ4n) is 3.87. The molecule has 0 radical (unpaired) electrons. The van der Waals surface area contributed by atoms with Crippen LogP contribution in [0.25, 0.3) is 11.2 Å². The summed E-state index contributed by atoms with van der Waals surface area (Å²) < 4.78 is 50.6. The summed E-state index contributed by atoms with van der Waals surface area (Å²) in [5, 5.41) is 12.4. The van der Waals surface area contributed by atoms with E-state index in [0.29, 0.717) is 17.9 Å². The molecule has 16 heteroatoms. The van der Waals surface area contributed by atoms with Crippen molar-refractivity contribution in [3.63, 3.8) is 0 Å². The van der Waals surface area contributed by atoms with Crippen LogP contribution >= 0.6 is 7.60 Å². The molecule has 1 aliphatic heterocycles. The maximum absolute atomic E-state index is 15.6. The molecular weight excluding hydrogens is 538 g/mol. The van der Waals surface area contributed by atoms with Crippen LogP contribution in [-0.2, 0) is 30.0 Å². The van der Waals surface area contributed by atoms with Gasteiger partial charge in [0.2, 0.25) is 5.91 Å². The largest absolute Gasteiger partial charge is 0.497 e. The lowest BCUT2D eigenvalue weighted by molar-refractivity contribution is -0.116. The maximum Gasteiger partial charge on any atom is 0.353 e. The number of anilines is 1. The van der Waals surface area contributed by atoms with Gasteiger partial charge in [-0.1, -0.05) is 6.08 Å². The number of aliphatic hydroxyl groups excluding tert-OH is 1. The number of allylic oxidation sites excluding steroid dienone is 1. The van der Waals surface area contributed by atoms with E-state index in [1.807, 2.05) is 0 Å². The van der Waals surface area contributed by atoms with E-state index in [2.05, 4.69) is 31.8 Å². The lowest BCUT2D eigenvalue weighted by atomic mass is 10.1. The first-order valence-corrected chi connectivity index (χ1v) is 13.6. The average molecular weight is 566 g/mol. The molecule has 0 aromatic carbocycles. The predicted octanol–water partition coefficient (Wildman–Crippen LogP) is 2.11. The number of carbonyl (C=O) groups excluding carboxylic acids is 1. The molecule has 1 saturated heterocycles. The van der Waals surface area contributed by atoms with Gasteiger partial charge in [0.25, 0.3) is 0 Å². The summed E-state index contributed by atoms with van der Waals surface area (Å²) in [6, 6.07) is 3.14. The van der Waals surface area contributed by atoms with Gasteiger partial charge in [-0.2, -0.15) is 0 Å². The van der Waals surface area contributed by atoms with Crippen molar-refractivity contribution in [1.29, 1.82) is 0 Å². The van der Waals surface area contributed by atoms with Crippen molar-refractivity contribution < 1.29 is 42.5 Å². The Hall–Kier alpha value is -3.33. The molecule has 0 spiro atoms. The number of carbonyl (C=O) groups is 1. The number of rotatable bonds is 13. The smallest absolute Gasteiger partial charge is 0.353 e. The summed E-state index contributed by atoms with van der Waals surface area (Å²) >= 11 is 0. The van der Waals surface area contributed by atoms with E-state index in [1.165, 1.54) is 36.6 Å². The Bertz CT molecular complexity index is 1360. The van der Waals surface area contributed by atoms with Gasteiger partial charge in [0.1, 0.15) is 30.6 Å². The molecule has 1 fully saturated rings. The molecule has 5 atom stereocenters. The third-order valence-corrected chi connectivity index (χ3v) is 6.79. The van der Waals surface area contributed by atoms with Crippen molar-refractivity contribution in [3.8, 4) is 5.75 Å². The number of hydrogen-bond donors (Lipinski definition) is 3. The van der Waals surface area contributed by atoms with Crippen molar-refractivity contribution in [2.24, 2.45) is 0 Å². The molecule has 1 aliphatic rings. The van der Waals surface area contributed by atoms with Gasteiger partial charge in [0.15, 0.2) is 29.4 Å². The first kappa shape index (κ1) is 28.7. The second-order valence-electron chi connectivity index (χ2n) is 8.47. The van der Waals surface area contributed by atoms with E-state index in [1.54, 1.807) is 12.1 Å². The number of amides is 1. The summed E-state index contributed by atoms with van der Waals surface area (Å²) in [6.45, 7) is 2.64. The molecule has 4 heterocycles. The van der Waals surface area contributed by atoms with Crippen LogP contribution in [0.4, 0.5) is 10.2 Å². The van der Waals surface area contributed by atoms with Crippen molar-refractivity contribution in [2.45, 2.75) is 44.1 Å². The van der Waals surface area contributed by atoms with Crippen LogP contribution in [0.1, 0.15) is 24.8 Å². The quantitative estimate of drug-likeness (QED) is 0.203. The summed E-state index contributed by atoms with van der Waals surface area (Å²) in [7, 11) is -2.87. The summed E-state index contributed by atoms with van der Waals surface area (Å²) in [5.74, 6) is 0.320. The summed E-state index contributed by atoms with van der Waals surface area (Å²) in [4.78, 5) is 38.7. The van der Waals surface area contributed by atoms with Crippen LogP contribution in [0.3, 0.4) is 0 Å². The standard InChI is InChI=1S/C23H28FN6O8P/c1-3-4-5-17(32)29-21-19-22(27-11-26-21)30(12-28-19)23-18(24)20(16(9-31)38-23)36-13-39(33,34)37-10-14-8-15(35-2)6-7-25-14/h3,6-8,11-12,16,18,20,23,31H,1,4-5,9-10,13H2,2H3,(H,33,34)(H,26,27,29,32)/t16-,18?,20?,23-/m1/s1. The number of pyridine rings is 1. The van der Waals surface area contributed by atoms with Crippen molar-refractivity contribution in [3.05, 3.63) is 49.3 Å². The Morgan fingerprint density at radius 2 is 2.18 bits per heavy atom. The molecule has 3 N–H and O–H groups in total. The van der Waals surface area contributed by atoms with Gasteiger partial charge >= 0.3 is 7.60 Å². The Kier molecular flexibility index (Phi) is 9.32. The van der Waals surface area contributed by atoms with Crippen LogP contribution in [-0.4, -0.2) is 78.9 Å². The summed E-state index contributed by atoms with van der Waals surface area (Å²) in [5.41, 5.74) is 0.704. The number of nitrogens with zero attached hydrogens (tertiary/aromatic N) is 5. The van der Waals surface area contributed by atoms with Gasteiger partial charge in [-0.15, -0.1) is 6.58 Å². The molecule has 3 aromatic rings. The number of aliphatic hydroxyl groups is 1. The van der Waals surface area contributed by atoms with Gasteiger partial charge in [-0.05, 0) is 12.5 Å². The number of fused-ring (bicyclic) bond motifs is 1. The van der Waals surface area contributed by atoms with E-state index in [4.69, 9.17) is 18.7 Å². The molecule has 0 bridgehead atoms. The highest BCUT2D eigenvalue weighted by Gasteiger charge is 2.48. The first-order chi connectivity index (χ1) is 18.8. The third-order valence-electron chi connectivity index (χ3n) is 5.78. The van der Waals surface area contributed by atoms with E-state index in [0.717, 1.165) is 0 Å². The molecule has 0 saturated carbocycles. The fourth-order valence-corrected chi connectivity index (χ4v) is 4.64. The highest BCUT2D eigenvalue weighted by atomic mass is 31.2. The van der Waals surface area contributed by atoms with Gasteiger partial charge in [0.05, 0.1) is 32.3 Å². The fraction of sp³-hybridized carbons (Fsp3) is 0.435. The van der Waals surface area contributed by atoms with Crippen LogP contribution < -0.4 is 10.1 Å². The average Bonchev–Trinajstić information content (AvgIpc) is 3.50. The van der Waals surface area contributed by atoms with E-state index in [-0.39, 0.29) is 35.9 Å². The second-order valence-corrected chi connectivity index (χ2v) is 10.3. The molecule has 4 rings (SSSR count). The number of imidazole rings is 1. The van der Waals surface area contributed by atoms with Gasteiger partial charge in [0, 0.05) is 18.7 Å². The van der Waals surface area contributed by atoms with Crippen LogP contribution in [0.2, 0.25) is 0 Å². The maximum atomic E-state index is 15.6. The lowest BCUT2D eigenvalue weighted by Gasteiger charge is -2.20. The minimum absolute atomic E-state index is 0.136. The topological polar surface area (TPSA) is 180 Å². The zero-order valence-electron chi connectivity index (χ0n) is 20.9. The first-order valence-electron chi connectivity index (χ1n) is 11.8. The molecule has 210 valence electrons. The number of alkyl halides is 1. The number of halogens is 1. The van der Waals surface area contributed by atoms with Crippen molar-refractivity contribution in [2.75, 3.05) is 25.4 Å². The highest BCUT2D eigenvalue weighted by Crippen LogP contribution is 2.45. The molecule has 39 heavy (non-hydrogen) atoms.